The molecule has 2 aliphatic rings. The van der Waals surface area contributed by atoms with Crippen molar-refractivity contribution >= 4 is 11.8 Å². The van der Waals surface area contributed by atoms with Crippen molar-refractivity contribution in [2.24, 2.45) is 11.8 Å². The molecule has 154 valence electrons. The molecule has 4 unspecified atom stereocenters. The molecule has 1 saturated heterocycles. The van der Waals surface area contributed by atoms with E-state index in [1.165, 1.54) is 19.3 Å². The van der Waals surface area contributed by atoms with E-state index in [2.05, 4.69) is 16.0 Å². The van der Waals surface area contributed by atoms with Crippen molar-refractivity contribution in [2.45, 2.75) is 70.6 Å². The van der Waals surface area contributed by atoms with E-state index in [0.717, 1.165) is 24.2 Å². The molecule has 0 aromatic heterocycles. The fourth-order valence-corrected chi connectivity index (χ4v) is 4.61. The van der Waals surface area contributed by atoms with Crippen molar-refractivity contribution in [3.05, 3.63) is 29.8 Å². The van der Waals surface area contributed by atoms with Gasteiger partial charge in [-0.05, 0) is 43.4 Å². The van der Waals surface area contributed by atoms with Crippen LogP contribution in [0.4, 0.5) is 0 Å². The minimum Gasteiger partial charge on any atom is -0.497 e. The molecule has 3 rings (SSSR count). The zero-order valence-corrected chi connectivity index (χ0v) is 17.2. The summed E-state index contributed by atoms with van der Waals surface area (Å²) < 4.78 is 5.23. The average Bonchev–Trinajstić information content (AvgIpc) is 3.01. The summed E-state index contributed by atoms with van der Waals surface area (Å²) in [6.07, 6.45) is 5.78. The van der Waals surface area contributed by atoms with E-state index in [1.807, 2.05) is 38.1 Å². The van der Waals surface area contributed by atoms with Gasteiger partial charge >= 0.3 is 0 Å². The lowest BCUT2D eigenvalue weighted by Gasteiger charge is -2.26. The molecule has 3 N–H and O–H groups in total. The Kier molecular flexibility index (Phi) is 6.94. The van der Waals surface area contributed by atoms with Gasteiger partial charge in [0.1, 0.15) is 5.75 Å². The normalized spacial score (nSPS) is 28.0. The number of nitrogens with one attached hydrogen (secondary N) is 3. The highest BCUT2D eigenvalue weighted by Crippen LogP contribution is 2.29. The van der Waals surface area contributed by atoms with Gasteiger partial charge < -0.3 is 20.7 Å². The third kappa shape index (κ3) is 4.85. The molecule has 1 heterocycles. The fraction of sp³-hybridized carbons (Fsp3) is 0.636. The number of benzene rings is 1. The second-order valence-corrected chi connectivity index (χ2v) is 8.23. The topological polar surface area (TPSA) is 79.5 Å². The number of methoxy groups -OCH3 is 1. The van der Waals surface area contributed by atoms with Gasteiger partial charge in [0, 0.05) is 18.6 Å². The summed E-state index contributed by atoms with van der Waals surface area (Å²) in [5.41, 5.74) is 0.984. The second kappa shape index (κ2) is 9.41. The average molecular weight is 388 g/mol. The highest BCUT2D eigenvalue weighted by atomic mass is 16.5. The van der Waals surface area contributed by atoms with Crippen LogP contribution in [0, 0.1) is 11.8 Å². The van der Waals surface area contributed by atoms with Crippen molar-refractivity contribution in [1.29, 1.82) is 0 Å². The van der Waals surface area contributed by atoms with Gasteiger partial charge in [-0.15, -0.1) is 0 Å². The van der Waals surface area contributed by atoms with Crippen LogP contribution in [0.25, 0.3) is 0 Å². The van der Waals surface area contributed by atoms with Gasteiger partial charge in [-0.3, -0.25) is 9.59 Å². The predicted molar refractivity (Wildman–Crippen MR) is 109 cm³/mol. The third-order valence-electron chi connectivity index (χ3n) is 6.21. The Morgan fingerprint density at radius 1 is 1.14 bits per heavy atom. The van der Waals surface area contributed by atoms with Crippen LogP contribution in [-0.4, -0.2) is 37.0 Å². The maximum absolute atomic E-state index is 12.9. The van der Waals surface area contributed by atoms with Gasteiger partial charge in [0.05, 0.1) is 19.1 Å². The van der Waals surface area contributed by atoms with Crippen LogP contribution in [0.2, 0.25) is 0 Å². The maximum Gasteiger partial charge on any atom is 0.237 e. The Hall–Kier alpha value is -2.08. The number of hydrogen-bond donors (Lipinski definition) is 3. The molecule has 4 atom stereocenters. The van der Waals surface area contributed by atoms with E-state index < -0.39 is 0 Å². The highest BCUT2D eigenvalue weighted by molar-refractivity contribution is 5.86. The van der Waals surface area contributed by atoms with Crippen molar-refractivity contribution in [3.8, 4) is 5.75 Å². The Bertz CT molecular complexity index is 687. The molecule has 1 aliphatic carbocycles. The van der Waals surface area contributed by atoms with Crippen LogP contribution < -0.4 is 20.7 Å². The molecule has 6 nitrogen and oxygen atoms in total. The second-order valence-electron chi connectivity index (χ2n) is 8.23. The van der Waals surface area contributed by atoms with E-state index in [1.54, 1.807) is 7.11 Å². The van der Waals surface area contributed by atoms with Crippen LogP contribution >= 0.6 is 0 Å². The summed E-state index contributed by atoms with van der Waals surface area (Å²) in [5.74, 6) is 0.559. The maximum atomic E-state index is 12.9. The summed E-state index contributed by atoms with van der Waals surface area (Å²) in [5, 5.41) is 9.56. The van der Waals surface area contributed by atoms with E-state index >= 15 is 0 Å². The molecule has 1 aromatic carbocycles. The van der Waals surface area contributed by atoms with E-state index in [9.17, 15) is 9.59 Å². The van der Waals surface area contributed by atoms with Crippen LogP contribution in [0.15, 0.2) is 24.3 Å². The molecule has 0 spiro atoms. The number of carbonyl (C=O) groups excluding carboxylic acids is 2. The van der Waals surface area contributed by atoms with Gasteiger partial charge in [0.15, 0.2) is 0 Å². The van der Waals surface area contributed by atoms with Gasteiger partial charge in [-0.25, -0.2) is 0 Å². The van der Waals surface area contributed by atoms with E-state index in [-0.39, 0.29) is 35.7 Å². The zero-order valence-electron chi connectivity index (χ0n) is 17.2. The molecular weight excluding hydrogens is 354 g/mol. The third-order valence-corrected chi connectivity index (χ3v) is 6.21. The smallest absolute Gasteiger partial charge is 0.237 e. The molecule has 0 radical (unpaired) electrons. The van der Waals surface area contributed by atoms with Crippen molar-refractivity contribution in [2.75, 3.05) is 7.11 Å². The van der Waals surface area contributed by atoms with Crippen LogP contribution in [0.3, 0.4) is 0 Å². The lowest BCUT2D eigenvalue weighted by Crippen LogP contribution is -2.44. The molecule has 2 fully saturated rings. The Morgan fingerprint density at radius 2 is 1.89 bits per heavy atom. The summed E-state index contributed by atoms with van der Waals surface area (Å²) in [7, 11) is 1.63. The quantitative estimate of drug-likeness (QED) is 0.700. The summed E-state index contributed by atoms with van der Waals surface area (Å²) in [6.45, 7) is 4.43. The van der Waals surface area contributed by atoms with Crippen molar-refractivity contribution < 1.29 is 14.3 Å². The van der Waals surface area contributed by atoms with Crippen LogP contribution in [-0.2, 0) is 16.1 Å². The largest absolute Gasteiger partial charge is 0.497 e. The number of hydrogen-bond acceptors (Lipinski definition) is 4. The zero-order chi connectivity index (χ0) is 20.1. The lowest BCUT2D eigenvalue weighted by atomic mass is 9.87. The Balaban J connectivity index is 1.55. The molecule has 0 bridgehead atoms. The van der Waals surface area contributed by atoms with Gasteiger partial charge in [0.25, 0.3) is 0 Å². The van der Waals surface area contributed by atoms with E-state index in [4.69, 9.17) is 4.74 Å². The fourth-order valence-electron chi connectivity index (χ4n) is 4.61. The van der Waals surface area contributed by atoms with Gasteiger partial charge in [-0.2, -0.15) is 0 Å². The molecule has 28 heavy (non-hydrogen) atoms. The molecule has 1 saturated carbocycles. The molecule has 1 aromatic rings. The first-order chi connectivity index (χ1) is 13.5. The van der Waals surface area contributed by atoms with Gasteiger partial charge in [-0.1, -0.05) is 38.3 Å². The Labute approximate surface area is 167 Å². The predicted octanol–water partition coefficient (Wildman–Crippen LogP) is 2.37. The lowest BCUT2D eigenvalue weighted by molar-refractivity contribution is -0.127. The van der Waals surface area contributed by atoms with Crippen molar-refractivity contribution in [1.82, 2.24) is 16.0 Å². The molecule has 6 heteroatoms. The SMILES string of the molecule is COc1cccc(CNC(=O)C2NC(C)C(C(=O)NC3CCCCC3)C2C)c1. The number of carbonyl (C=O) groups is 2. The molecule has 1 aliphatic heterocycles. The number of ether oxygens (including phenoxy) is 1. The highest BCUT2D eigenvalue weighted by Gasteiger charge is 2.45. The first kappa shape index (κ1) is 20.6. The van der Waals surface area contributed by atoms with Crippen molar-refractivity contribution in [3.63, 3.8) is 0 Å². The summed E-state index contributed by atoms with van der Waals surface area (Å²) >= 11 is 0. The minimum atomic E-state index is -0.359. The van der Waals surface area contributed by atoms with E-state index in [0.29, 0.717) is 12.6 Å². The molecular formula is C22H33N3O3. The minimum absolute atomic E-state index is 0.0221. The monoisotopic (exact) mass is 387 g/mol. The van der Waals surface area contributed by atoms with Crippen LogP contribution in [0.5, 0.6) is 5.75 Å². The first-order valence-corrected chi connectivity index (χ1v) is 10.5. The summed E-state index contributed by atoms with van der Waals surface area (Å²) in [6, 6.07) is 7.57. The Morgan fingerprint density at radius 3 is 2.61 bits per heavy atom. The first-order valence-electron chi connectivity index (χ1n) is 10.5. The van der Waals surface area contributed by atoms with Gasteiger partial charge in [0.2, 0.25) is 11.8 Å². The standard InChI is InChI=1S/C22H33N3O3/c1-14-19(21(26)25-17-9-5-4-6-10-17)15(2)24-20(14)22(27)23-13-16-8-7-11-18(12-16)28-3/h7-8,11-12,14-15,17,19-20,24H,4-6,9-10,13H2,1-3H3,(H,23,27)(H,25,26). The number of rotatable bonds is 6. The molecule has 2 amide bonds. The van der Waals surface area contributed by atoms with Crippen LogP contribution in [0.1, 0.15) is 51.5 Å². The summed E-state index contributed by atoms with van der Waals surface area (Å²) in [4.78, 5) is 25.6. The number of amides is 2.